The summed E-state index contributed by atoms with van der Waals surface area (Å²) in [7, 11) is 4.81. The Labute approximate surface area is 100 Å². The topological polar surface area (TPSA) is 62.6 Å². The van der Waals surface area contributed by atoms with Gasteiger partial charge in [0.05, 0.1) is 18.7 Å². The summed E-state index contributed by atoms with van der Waals surface area (Å²) in [6, 6.07) is 6.78. The first-order chi connectivity index (χ1) is 8.06. The Kier molecular flexibility index (Phi) is 4.35. The first-order valence-corrected chi connectivity index (χ1v) is 4.99. The molecule has 0 aromatic heterocycles. The van der Waals surface area contributed by atoms with Crippen molar-refractivity contribution in [2.75, 3.05) is 27.8 Å². The third kappa shape index (κ3) is 3.68. The van der Waals surface area contributed by atoms with Gasteiger partial charge in [0.1, 0.15) is 11.5 Å². The van der Waals surface area contributed by atoms with Gasteiger partial charge in [-0.3, -0.25) is 4.79 Å². The third-order valence-corrected chi connectivity index (χ3v) is 2.11. The van der Waals surface area contributed by atoms with Crippen LogP contribution in [0.4, 0.5) is 0 Å². The molecule has 1 aromatic rings. The molecule has 0 aliphatic heterocycles. The summed E-state index contributed by atoms with van der Waals surface area (Å²) in [5, 5.41) is 8.81. The van der Waals surface area contributed by atoms with Gasteiger partial charge in [0.25, 0.3) is 5.91 Å². The maximum Gasteiger partial charge on any atom is 0.259 e. The van der Waals surface area contributed by atoms with Crippen molar-refractivity contribution in [1.82, 2.24) is 4.90 Å². The van der Waals surface area contributed by atoms with Gasteiger partial charge in [-0.05, 0) is 12.1 Å². The largest absolute Gasteiger partial charge is 0.497 e. The molecule has 90 valence electrons. The monoisotopic (exact) mass is 234 g/mol. The summed E-state index contributed by atoms with van der Waals surface area (Å²) < 4.78 is 10.3. The number of nitrogens with zero attached hydrogens (tertiary/aromatic N) is 2. The highest BCUT2D eigenvalue weighted by molar-refractivity contribution is 5.77. The minimum atomic E-state index is -0.147. The van der Waals surface area contributed by atoms with Crippen LogP contribution in [0.1, 0.15) is 5.56 Å². The Morgan fingerprint density at radius 2 is 2.00 bits per heavy atom. The molecule has 0 unspecified atom stereocenters. The summed E-state index contributed by atoms with van der Waals surface area (Å²) in [6.07, 6.45) is 0. The second-order valence-electron chi connectivity index (χ2n) is 3.59. The molecule has 1 rings (SSSR count). The van der Waals surface area contributed by atoms with Gasteiger partial charge in [0.2, 0.25) is 0 Å². The van der Waals surface area contributed by atoms with Crippen molar-refractivity contribution in [3.05, 3.63) is 23.8 Å². The zero-order chi connectivity index (χ0) is 12.8. The van der Waals surface area contributed by atoms with Crippen molar-refractivity contribution in [2.24, 2.45) is 0 Å². The molecule has 0 fully saturated rings. The van der Waals surface area contributed by atoms with E-state index in [1.165, 1.54) is 12.0 Å². The van der Waals surface area contributed by atoms with E-state index in [-0.39, 0.29) is 12.5 Å². The minimum Gasteiger partial charge on any atom is -0.497 e. The average molecular weight is 234 g/mol. The van der Waals surface area contributed by atoms with E-state index < -0.39 is 0 Å². The Hall–Kier alpha value is -2.22. The highest BCUT2D eigenvalue weighted by Gasteiger charge is 2.07. The van der Waals surface area contributed by atoms with E-state index in [1.54, 1.807) is 32.3 Å². The van der Waals surface area contributed by atoms with E-state index in [2.05, 4.69) is 0 Å². The van der Waals surface area contributed by atoms with E-state index in [0.29, 0.717) is 17.1 Å². The number of ether oxygens (including phenoxy) is 2. The molecule has 0 N–H and O–H groups in total. The number of carbonyl (C=O) groups is 1. The van der Waals surface area contributed by atoms with Gasteiger partial charge < -0.3 is 14.4 Å². The Bertz CT molecular complexity index is 450. The van der Waals surface area contributed by atoms with Crippen molar-refractivity contribution >= 4 is 5.91 Å². The molecular formula is C12H14N2O3. The smallest absolute Gasteiger partial charge is 0.259 e. The van der Waals surface area contributed by atoms with Crippen LogP contribution in [0.3, 0.4) is 0 Å². The fourth-order valence-corrected chi connectivity index (χ4v) is 1.11. The molecule has 1 aromatic carbocycles. The molecule has 0 radical (unpaired) electrons. The molecule has 1 amide bonds. The number of rotatable bonds is 4. The molecule has 17 heavy (non-hydrogen) atoms. The van der Waals surface area contributed by atoms with Crippen molar-refractivity contribution in [3.8, 4) is 17.6 Å². The lowest BCUT2D eigenvalue weighted by atomic mass is 10.2. The molecule has 0 aliphatic rings. The van der Waals surface area contributed by atoms with Crippen LogP contribution >= 0.6 is 0 Å². The van der Waals surface area contributed by atoms with Crippen LogP contribution in [0, 0.1) is 11.3 Å². The standard InChI is InChI=1S/C12H14N2O3/c1-14(2)12(15)8-17-11-5-9(7-13)4-10(6-11)16-3/h4-6H,8H2,1-3H3. The zero-order valence-electron chi connectivity index (χ0n) is 10.1. The molecule has 0 aliphatic carbocycles. The SMILES string of the molecule is COc1cc(C#N)cc(OCC(=O)N(C)C)c1. The Balaban J connectivity index is 2.78. The van der Waals surface area contributed by atoms with Gasteiger partial charge in [0, 0.05) is 20.2 Å². The van der Waals surface area contributed by atoms with Gasteiger partial charge in [-0.2, -0.15) is 5.26 Å². The number of methoxy groups -OCH3 is 1. The maximum absolute atomic E-state index is 11.3. The fraction of sp³-hybridized carbons (Fsp3) is 0.333. The molecule has 5 nitrogen and oxygen atoms in total. The van der Waals surface area contributed by atoms with Crippen molar-refractivity contribution in [2.45, 2.75) is 0 Å². The number of benzene rings is 1. The van der Waals surface area contributed by atoms with Gasteiger partial charge in [-0.15, -0.1) is 0 Å². The van der Waals surface area contributed by atoms with Crippen LogP contribution in [0.5, 0.6) is 11.5 Å². The summed E-state index contributed by atoms with van der Waals surface area (Å²) in [4.78, 5) is 12.8. The number of amides is 1. The number of likely N-dealkylation sites (N-methyl/N-ethyl adjacent to an activating group) is 1. The zero-order valence-corrected chi connectivity index (χ0v) is 10.1. The van der Waals surface area contributed by atoms with Crippen LogP contribution in [0.25, 0.3) is 0 Å². The maximum atomic E-state index is 11.3. The summed E-state index contributed by atoms with van der Waals surface area (Å²) in [5.41, 5.74) is 0.427. The van der Waals surface area contributed by atoms with Gasteiger partial charge in [0.15, 0.2) is 6.61 Å². The fourth-order valence-electron chi connectivity index (χ4n) is 1.11. The average Bonchev–Trinajstić information content (AvgIpc) is 2.35. The van der Waals surface area contributed by atoms with Crippen molar-refractivity contribution in [3.63, 3.8) is 0 Å². The lowest BCUT2D eigenvalue weighted by Gasteiger charge is -2.12. The molecule has 5 heteroatoms. The van der Waals surface area contributed by atoms with Crippen LogP contribution in [0.15, 0.2) is 18.2 Å². The summed E-state index contributed by atoms with van der Waals surface area (Å²) >= 11 is 0. The highest BCUT2D eigenvalue weighted by Crippen LogP contribution is 2.22. The van der Waals surface area contributed by atoms with E-state index in [0.717, 1.165) is 0 Å². The highest BCUT2D eigenvalue weighted by atomic mass is 16.5. The Morgan fingerprint density at radius 1 is 1.35 bits per heavy atom. The van der Waals surface area contributed by atoms with Gasteiger partial charge in [-0.1, -0.05) is 0 Å². The molecule has 0 bridgehead atoms. The molecule has 0 saturated carbocycles. The van der Waals surface area contributed by atoms with E-state index in [4.69, 9.17) is 14.7 Å². The quantitative estimate of drug-likeness (QED) is 0.780. The number of nitriles is 1. The second-order valence-corrected chi connectivity index (χ2v) is 3.59. The van der Waals surface area contributed by atoms with Crippen molar-refractivity contribution < 1.29 is 14.3 Å². The molecule has 0 saturated heterocycles. The molecule has 0 spiro atoms. The molecule has 0 atom stereocenters. The number of hydrogen-bond acceptors (Lipinski definition) is 4. The summed E-state index contributed by atoms with van der Waals surface area (Å²) in [6.45, 7) is -0.0644. The normalized spacial score (nSPS) is 9.29. The van der Waals surface area contributed by atoms with E-state index >= 15 is 0 Å². The number of hydrogen-bond donors (Lipinski definition) is 0. The Morgan fingerprint density at radius 3 is 2.53 bits per heavy atom. The van der Waals surface area contributed by atoms with Crippen LogP contribution in [0.2, 0.25) is 0 Å². The second kappa shape index (κ2) is 5.75. The van der Waals surface area contributed by atoms with E-state index in [9.17, 15) is 4.79 Å². The third-order valence-electron chi connectivity index (χ3n) is 2.11. The lowest BCUT2D eigenvalue weighted by molar-refractivity contribution is -0.130. The number of carbonyl (C=O) groups excluding carboxylic acids is 1. The van der Waals surface area contributed by atoms with Gasteiger partial charge >= 0.3 is 0 Å². The lowest BCUT2D eigenvalue weighted by Crippen LogP contribution is -2.27. The predicted octanol–water partition coefficient (Wildman–Crippen LogP) is 1.03. The molecular weight excluding hydrogens is 220 g/mol. The minimum absolute atomic E-state index is 0.0644. The van der Waals surface area contributed by atoms with Gasteiger partial charge in [-0.25, -0.2) is 0 Å². The van der Waals surface area contributed by atoms with Crippen LogP contribution in [-0.4, -0.2) is 38.6 Å². The summed E-state index contributed by atoms with van der Waals surface area (Å²) in [5.74, 6) is 0.818. The first kappa shape index (κ1) is 12.8. The van der Waals surface area contributed by atoms with Crippen LogP contribution in [-0.2, 0) is 4.79 Å². The predicted molar refractivity (Wildman–Crippen MR) is 61.9 cm³/mol. The van der Waals surface area contributed by atoms with E-state index in [1.807, 2.05) is 6.07 Å². The first-order valence-electron chi connectivity index (χ1n) is 4.99. The van der Waals surface area contributed by atoms with Crippen molar-refractivity contribution in [1.29, 1.82) is 5.26 Å². The van der Waals surface area contributed by atoms with Crippen LogP contribution < -0.4 is 9.47 Å². The molecule has 0 heterocycles.